The number of benzene rings is 1. The average Bonchev–Trinajstić information content (AvgIpc) is 3.33. The SMILES string of the molecule is CC(O)C(N)C(=O)N1CCCC1C(=O)NC(Cc1ccc(O)cc1)C(=O)NC(CCCCN)C(=O)O. The Hall–Kier alpha value is -3.22. The van der Waals surface area contributed by atoms with E-state index in [4.69, 9.17) is 11.5 Å². The number of aliphatic hydroxyl groups is 1. The van der Waals surface area contributed by atoms with Crippen LogP contribution in [0.15, 0.2) is 24.3 Å². The standard InChI is InChI=1S/C24H37N5O7/c1-14(30)20(26)23(34)29-12-4-6-19(29)22(33)28-18(13-15-7-9-16(31)10-8-15)21(32)27-17(24(35)36)5-2-3-11-25/h7-10,14,17-20,30-31H,2-6,11-13,25-26H2,1H3,(H,27,32)(H,28,33)(H,35,36). The van der Waals surface area contributed by atoms with Gasteiger partial charge in [-0.25, -0.2) is 4.79 Å². The molecule has 0 aliphatic carbocycles. The minimum atomic E-state index is -1.20. The summed E-state index contributed by atoms with van der Waals surface area (Å²) < 4.78 is 0. The molecule has 3 amide bonds. The number of likely N-dealkylation sites (tertiary alicyclic amines) is 1. The van der Waals surface area contributed by atoms with Gasteiger partial charge in [0.05, 0.1) is 6.10 Å². The number of nitrogens with two attached hydrogens (primary N) is 2. The average molecular weight is 508 g/mol. The molecule has 1 aliphatic rings. The molecule has 12 heteroatoms. The van der Waals surface area contributed by atoms with E-state index < -0.39 is 54.0 Å². The number of phenols is 1. The number of carbonyl (C=O) groups is 4. The number of phenolic OH excluding ortho intramolecular Hbond substituents is 1. The summed E-state index contributed by atoms with van der Waals surface area (Å²) in [7, 11) is 0. The maximum atomic E-state index is 13.2. The van der Waals surface area contributed by atoms with Gasteiger partial charge in [0.25, 0.3) is 0 Å². The van der Waals surface area contributed by atoms with Crippen LogP contribution >= 0.6 is 0 Å². The Labute approximate surface area is 210 Å². The van der Waals surface area contributed by atoms with Crippen LogP contribution in [-0.4, -0.2) is 87.3 Å². The Morgan fingerprint density at radius 3 is 2.36 bits per heavy atom. The quantitative estimate of drug-likeness (QED) is 0.160. The predicted molar refractivity (Wildman–Crippen MR) is 131 cm³/mol. The molecule has 12 nitrogen and oxygen atoms in total. The number of carboxylic acid groups (broad SMARTS) is 1. The summed E-state index contributed by atoms with van der Waals surface area (Å²) in [5.74, 6) is -2.99. The first-order chi connectivity index (χ1) is 17.0. The van der Waals surface area contributed by atoms with Crippen molar-refractivity contribution in [2.24, 2.45) is 11.5 Å². The third kappa shape index (κ3) is 8.18. The Kier molecular flexibility index (Phi) is 11.1. The summed E-state index contributed by atoms with van der Waals surface area (Å²) in [6, 6.07) is 1.70. The van der Waals surface area contributed by atoms with Crippen molar-refractivity contribution in [3.05, 3.63) is 29.8 Å². The number of carboxylic acids is 1. The van der Waals surface area contributed by atoms with E-state index in [1.165, 1.54) is 24.0 Å². The molecule has 1 fully saturated rings. The fourth-order valence-corrected chi connectivity index (χ4v) is 4.07. The summed E-state index contributed by atoms with van der Waals surface area (Å²) in [5, 5.41) is 33.9. The third-order valence-electron chi connectivity index (χ3n) is 6.21. The number of rotatable bonds is 13. The van der Waals surface area contributed by atoms with Gasteiger partial charge in [-0.3, -0.25) is 14.4 Å². The molecular formula is C24H37N5O7. The van der Waals surface area contributed by atoms with E-state index in [0.717, 1.165) is 0 Å². The maximum absolute atomic E-state index is 13.2. The van der Waals surface area contributed by atoms with Gasteiger partial charge in [0, 0.05) is 13.0 Å². The number of unbranched alkanes of at least 4 members (excludes halogenated alkanes) is 1. The smallest absolute Gasteiger partial charge is 0.326 e. The molecule has 5 unspecified atom stereocenters. The molecule has 1 aromatic carbocycles. The van der Waals surface area contributed by atoms with Crippen LogP contribution in [0.5, 0.6) is 5.75 Å². The zero-order valence-corrected chi connectivity index (χ0v) is 20.4. The van der Waals surface area contributed by atoms with Gasteiger partial charge in [-0.15, -0.1) is 0 Å². The Balaban J connectivity index is 2.20. The van der Waals surface area contributed by atoms with E-state index in [9.17, 15) is 34.5 Å². The van der Waals surface area contributed by atoms with Crippen molar-refractivity contribution in [1.82, 2.24) is 15.5 Å². The topological polar surface area (TPSA) is 208 Å². The van der Waals surface area contributed by atoms with Crippen LogP contribution in [0.2, 0.25) is 0 Å². The third-order valence-corrected chi connectivity index (χ3v) is 6.21. The van der Waals surface area contributed by atoms with Crippen LogP contribution < -0.4 is 22.1 Å². The van der Waals surface area contributed by atoms with E-state index in [1.807, 2.05) is 0 Å². The van der Waals surface area contributed by atoms with Crippen molar-refractivity contribution in [3.8, 4) is 5.75 Å². The van der Waals surface area contributed by atoms with Gasteiger partial charge in [0.1, 0.15) is 29.9 Å². The summed E-state index contributed by atoms with van der Waals surface area (Å²) >= 11 is 0. The number of nitrogens with one attached hydrogen (secondary N) is 2. The lowest BCUT2D eigenvalue weighted by Crippen LogP contribution is -2.58. The molecular weight excluding hydrogens is 470 g/mol. The first kappa shape index (κ1) is 29.0. The molecule has 0 saturated carbocycles. The lowest BCUT2D eigenvalue weighted by molar-refractivity contribution is -0.143. The first-order valence-corrected chi connectivity index (χ1v) is 12.1. The molecule has 200 valence electrons. The highest BCUT2D eigenvalue weighted by atomic mass is 16.4. The van der Waals surface area contributed by atoms with Crippen molar-refractivity contribution >= 4 is 23.7 Å². The van der Waals surface area contributed by atoms with Gasteiger partial charge in [0.2, 0.25) is 17.7 Å². The predicted octanol–water partition coefficient (Wildman–Crippen LogP) is -1.18. The second-order valence-corrected chi connectivity index (χ2v) is 9.07. The second-order valence-electron chi connectivity index (χ2n) is 9.07. The normalized spacial score (nSPS) is 18.7. The van der Waals surface area contributed by atoms with E-state index in [1.54, 1.807) is 12.1 Å². The number of carbonyl (C=O) groups excluding carboxylic acids is 3. The fraction of sp³-hybridized carbons (Fsp3) is 0.583. The number of aliphatic carboxylic acids is 1. The minimum absolute atomic E-state index is 0.0286. The molecule has 5 atom stereocenters. The van der Waals surface area contributed by atoms with Crippen molar-refractivity contribution < 1.29 is 34.5 Å². The van der Waals surface area contributed by atoms with Crippen LogP contribution in [0, 0.1) is 0 Å². The highest BCUT2D eigenvalue weighted by Gasteiger charge is 2.38. The van der Waals surface area contributed by atoms with E-state index in [-0.39, 0.29) is 25.1 Å². The molecule has 9 N–H and O–H groups in total. The molecule has 0 aromatic heterocycles. The number of aromatic hydroxyl groups is 1. The number of nitrogens with zero attached hydrogens (tertiary/aromatic N) is 1. The minimum Gasteiger partial charge on any atom is -0.508 e. The van der Waals surface area contributed by atoms with Gasteiger partial charge in [-0.2, -0.15) is 0 Å². The molecule has 0 radical (unpaired) electrons. The number of hydrogen-bond donors (Lipinski definition) is 7. The molecule has 1 aromatic rings. The molecule has 2 rings (SSSR count). The van der Waals surface area contributed by atoms with Gasteiger partial charge in [-0.1, -0.05) is 12.1 Å². The summed E-state index contributed by atoms with van der Waals surface area (Å²) in [6.07, 6.45) is 1.13. The van der Waals surface area contributed by atoms with Crippen molar-refractivity contribution in [2.75, 3.05) is 13.1 Å². The van der Waals surface area contributed by atoms with Crippen LogP contribution in [0.25, 0.3) is 0 Å². The molecule has 0 bridgehead atoms. The van der Waals surface area contributed by atoms with Gasteiger partial charge in [-0.05, 0) is 63.3 Å². The largest absolute Gasteiger partial charge is 0.508 e. The van der Waals surface area contributed by atoms with Gasteiger partial charge >= 0.3 is 5.97 Å². The summed E-state index contributed by atoms with van der Waals surface area (Å²) in [4.78, 5) is 52.0. The highest BCUT2D eigenvalue weighted by Crippen LogP contribution is 2.20. The molecule has 1 aliphatic heterocycles. The van der Waals surface area contributed by atoms with Gasteiger partial charge < -0.3 is 42.3 Å². The van der Waals surface area contributed by atoms with Crippen LogP contribution in [-0.2, 0) is 25.6 Å². The molecule has 36 heavy (non-hydrogen) atoms. The molecule has 0 spiro atoms. The first-order valence-electron chi connectivity index (χ1n) is 12.1. The molecule has 1 heterocycles. The van der Waals surface area contributed by atoms with Crippen LogP contribution in [0.1, 0.15) is 44.6 Å². The van der Waals surface area contributed by atoms with E-state index in [0.29, 0.717) is 37.8 Å². The van der Waals surface area contributed by atoms with Crippen LogP contribution in [0.4, 0.5) is 0 Å². The zero-order chi connectivity index (χ0) is 26.8. The Bertz CT molecular complexity index is 909. The van der Waals surface area contributed by atoms with E-state index >= 15 is 0 Å². The lowest BCUT2D eigenvalue weighted by Gasteiger charge is -2.29. The van der Waals surface area contributed by atoms with E-state index in [2.05, 4.69) is 10.6 Å². The van der Waals surface area contributed by atoms with Crippen molar-refractivity contribution in [1.29, 1.82) is 0 Å². The monoisotopic (exact) mass is 507 g/mol. The van der Waals surface area contributed by atoms with Crippen molar-refractivity contribution in [3.63, 3.8) is 0 Å². The maximum Gasteiger partial charge on any atom is 0.326 e. The fourth-order valence-electron chi connectivity index (χ4n) is 4.07. The summed E-state index contributed by atoms with van der Waals surface area (Å²) in [5.41, 5.74) is 11.9. The lowest BCUT2D eigenvalue weighted by atomic mass is 10.0. The van der Waals surface area contributed by atoms with Gasteiger partial charge in [0.15, 0.2) is 0 Å². The summed E-state index contributed by atoms with van der Waals surface area (Å²) in [6.45, 7) is 2.07. The molecule has 1 saturated heterocycles. The Morgan fingerprint density at radius 1 is 1.11 bits per heavy atom. The number of hydrogen-bond acceptors (Lipinski definition) is 8. The van der Waals surface area contributed by atoms with Crippen molar-refractivity contribution in [2.45, 2.75) is 75.7 Å². The number of amides is 3. The zero-order valence-electron chi connectivity index (χ0n) is 20.4. The second kappa shape index (κ2) is 13.8. The highest BCUT2D eigenvalue weighted by molar-refractivity contribution is 5.94. The Morgan fingerprint density at radius 2 is 1.78 bits per heavy atom. The number of aliphatic hydroxyl groups excluding tert-OH is 1. The van der Waals surface area contributed by atoms with Crippen LogP contribution in [0.3, 0.4) is 0 Å².